The fraction of sp³-hybridized carbons (Fsp3) is 0.176. The number of carbonyl (C=O) groups is 2. The van der Waals surface area contributed by atoms with E-state index in [1.807, 2.05) is 0 Å². The molecule has 2 aromatic rings. The van der Waals surface area contributed by atoms with Crippen molar-refractivity contribution in [3.8, 4) is 11.5 Å². The van der Waals surface area contributed by atoms with Gasteiger partial charge in [0.2, 0.25) is 6.79 Å². The summed E-state index contributed by atoms with van der Waals surface area (Å²) in [5, 5.41) is 2.62. The summed E-state index contributed by atoms with van der Waals surface area (Å²) in [4.78, 5) is 24.1. The lowest BCUT2D eigenvalue weighted by Gasteiger charge is -2.11. The fourth-order valence-electron chi connectivity index (χ4n) is 2.27. The molecule has 0 atom stereocenters. The maximum absolute atomic E-state index is 13.6. The van der Waals surface area contributed by atoms with Gasteiger partial charge in [0.05, 0.1) is 5.69 Å². The first kappa shape index (κ1) is 15.0. The van der Waals surface area contributed by atoms with Gasteiger partial charge in [0, 0.05) is 17.2 Å². The number of hydrogen-bond acceptors (Lipinski definition) is 4. The van der Waals surface area contributed by atoms with Gasteiger partial charge in [-0.2, -0.15) is 0 Å². The smallest absolute Gasteiger partial charge is 0.255 e. The third kappa shape index (κ3) is 2.88. The van der Waals surface area contributed by atoms with Gasteiger partial charge < -0.3 is 14.8 Å². The minimum Gasteiger partial charge on any atom is -0.454 e. The van der Waals surface area contributed by atoms with Gasteiger partial charge in [-0.1, -0.05) is 6.07 Å². The van der Waals surface area contributed by atoms with Gasteiger partial charge >= 0.3 is 0 Å². The van der Waals surface area contributed by atoms with Crippen LogP contribution in [-0.4, -0.2) is 18.5 Å². The summed E-state index contributed by atoms with van der Waals surface area (Å²) in [7, 11) is 0. The van der Waals surface area contributed by atoms with Crippen molar-refractivity contribution in [3.63, 3.8) is 0 Å². The van der Waals surface area contributed by atoms with E-state index in [2.05, 4.69) is 5.32 Å². The number of ketones is 1. The lowest BCUT2D eigenvalue weighted by Crippen LogP contribution is -2.14. The maximum Gasteiger partial charge on any atom is 0.255 e. The summed E-state index contributed by atoms with van der Waals surface area (Å²) in [5.74, 6) is -0.302. The molecule has 0 bridgehead atoms. The third-order valence-corrected chi connectivity index (χ3v) is 3.57. The molecule has 6 heteroatoms. The highest BCUT2D eigenvalue weighted by molar-refractivity contribution is 6.09. The van der Waals surface area contributed by atoms with Crippen LogP contribution >= 0.6 is 0 Å². The second kappa shape index (κ2) is 5.72. The van der Waals surface area contributed by atoms with Crippen LogP contribution in [0.5, 0.6) is 11.5 Å². The molecule has 0 spiro atoms. The predicted molar refractivity (Wildman–Crippen MR) is 81.7 cm³/mol. The minimum atomic E-state index is -0.509. The van der Waals surface area contributed by atoms with Crippen molar-refractivity contribution < 1.29 is 23.5 Å². The summed E-state index contributed by atoms with van der Waals surface area (Å²) in [5.41, 5.74) is 1.22. The molecule has 0 aromatic heterocycles. The average molecular weight is 315 g/mol. The van der Waals surface area contributed by atoms with E-state index in [0.29, 0.717) is 28.3 Å². The molecule has 3 rings (SSSR count). The number of carbonyl (C=O) groups excluding carboxylic acids is 2. The first-order valence-electron chi connectivity index (χ1n) is 6.98. The number of Topliss-reactive ketones (excluding diaryl/α,β-unsaturated/α-hetero) is 1. The Balaban J connectivity index is 1.94. The van der Waals surface area contributed by atoms with Crippen molar-refractivity contribution in [2.75, 3.05) is 12.1 Å². The van der Waals surface area contributed by atoms with E-state index in [0.717, 1.165) is 6.07 Å². The van der Waals surface area contributed by atoms with Crippen LogP contribution in [0.3, 0.4) is 0 Å². The summed E-state index contributed by atoms with van der Waals surface area (Å²) in [6.07, 6.45) is 0. The lowest BCUT2D eigenvalue weighted by atomic mass is 10.1. The van der Waals surface area contributed by atoms with Crippen molar-refractivity contribution >= 4 is 17.4 Å². The molecule has 0 aliphatic carbocycles. The zero-order valence-electron chi connectivity index (χ0n) is 12.6. The van der Waals surface area contributed by atoms with Crippen molar-refractivity contribution in [2.45, 2.75) is 13.8 Å². The first-order valence-corrected chi connectivity index (χ1v) is 6.98. The summed E-state index contributed by atoms with van der Waals surface area (Å²) >= 11 is 0. The fourth-order valence-corrected chi connectivity index (χ4v) is 2.27. The molecule has 0 saturated carbocycles. The number of nitrogens with one attached hydrogen (secondary N) is 1. The van der Waals surface area contributed by atoms with E-state index in [-0.39, 0.29) is 18.1 Å². The van der Waals surface area contributed by atoms with E-state index in [4.69, 9.17) is 9.47 Å². The quantitative estimate of drug-likeness (QED) is 0.883. The van der Waals surface area contributed by atoms with Crippen LogP contribution in [-0.2, 0) is 0 Å². The van der Waals surface area contributed by atoms with E-state index in [1.165, 1.54) is 31.2 Å². The van der Waals surface area contributed by atoms with Crippen LogP contribution in [0.2, 0.25) is 0 Å². The molecule has 0 radical (unpaired) electrons. The summed E-state index contributed by atoms with van der Waals surface area (Å²) in [6, 6.07) is 7.26. The SMILES string of the molecule is CC(=O)c1cc2c(cc1NC(=O)c1ccc(C)c(F)c1)OCO2. The maximum atomic E-state index is 13.6. The summed E-state index contributed by atoms with van der Waals surface area (Å²) in [6.45, 7) is 3.06. The molecular weight excluding hydrogens is 301 g/mol. The van der Waals surface area contributed by atoms with Crippen LogP contribution in [0.1, 0.15) is 33.2 Å². The Morgan fingerprint density at radius 1 is 1.13 bits per heavy atom. The largest absolute Gasteiger partial charge is 0.454 e. The van der Waals surface area contributed by atoms with Gasteiger partial charge in [0.15, 0.2) is 17.3 Å². The number of ether oxygens (including phenoxy) is 2. The van der Waals surface area contributed by atoms with Crippen LogP contribution in [0.15, 0.2) is 30.3 Å². The van der Waals surface area contributed by atoms with Gasteiger partial charge in [-0.05, 0) is 37.6 Å². The molecule has 1 N–H and O–H groups in total. The minimum absolute atomic E-state index is 0.0627. The van der Waals surface area contributed by atoms with Crippen LogP contribution in [0.25, 0.3) is 0 Å². The number of hydrogen-bond donors (Lipinski definition) is 1. The standard InChI is InChI=1S/C17H14FNO4/c1-9-3-4-11(5-13(9)18)17(21)19-14-7-16-15(22-8-23-16)6-12(14)10(2)20/h3-7H,8H2,1-2H3,(H,19,21). The number of rotatable bonds is 3. The number of halogens is 1. The molecule has 1 heterocycles. The Bertz CT molecular complexity index is 816. The van der Waals surface area contributed by atoms with E-state index < -0.39 is 11.7 Å². The monoisotopic (exact) mass is 315 g/mol. The van der Waals surface area contributed by atoms with Crippen molar-refractivity contribution in [1.29, 1.82) is 0 Å². The number of aryl methyl sites for hydroxylation is 1. The molecule has 1 aliphatic rings. The molecule has 5 nitrogen and oxygen atoms in total. The second-order valence-electron chi connectivity index (χ2n) is 5.23. The molecule has 0 unspecified atom stereocenters. The molecular formula is C17H14FNO4. The van der Waals surface area contributed by atoms with Crippen molar-refractivity contribution in [1.82, 2.24) is 0 Å². The molecule has 0 fully saturated rings. The van der Waals surface area contributed by atoms with E-state index >= 15 is 0 Å². The van der Waals surface area contributed by atoms with Gasteiger partial charge in [0.1, 0.15) is 5.82 Å². The predicted octanol–water partition coefficient (Wildman–Crippen LogP) is 3.32. The Morgan fingerprint density at radius 2 is 1.83 bits per heavy atom. The Hall–Kier alpha value is -2.89. The highest BCUT2D eigenvalue weighted by Crippen LogP contribution is 2.37. The van der Waals surface area contributed by atoms with Crippen LogP contribution in [0, 0.1) is 12.7 Å². The molecule has 118 valence electrons. The van der Waals surface area contributed by atoms with Crippen LogP contribution < -0.4 is 14.8 Å². The lowest BCUT2D eigenvalue weighted by molar-refractivity contribution is 0.101. The van der Waals surface area contributed by atoms with Crippen molar-refractivity contribution in [3.05, 3.63) is 52.8 Å². The Morgan fingerprint density at radius 3 is 2.48 bits per heavy atom. The van der Waals surface area contributed by atoms with Gasteiger partial charge in [-0.3, -0.25) is 9.59 Å². The molecule has 0 saturated heterocycles. The van der Waals surface area contributed by atoms with Crippen molar-refractivity contribution in [2.24, 2.45) is 0 Å². The van der Waals surface area contributed by atoms with Gasteiger partial charge in [-0.25, -0.2) is 4.39 Å². The zero-order chi connectivity index (χ0) is 16.6. The normalized spacial score (nSPS) is 12.1. The van der Waals surface area contributed by atoms with E-state index in [1.54, 1.807) is 6.92 Å². The number of anilines is 1. The summed E-state index contributed by atoms with van der Waals surface area (Å²) < 4.78 is 24.1. The highest BCUT2D eigenvalue weighted by Gasteiger charge is 2.21. The Kier molecular flexibility index (Phi) is 3.73. The molecule has 23 heavy (non-hydrogen) atoms. The average Bonchev–Trinajstić information content (AvgIpc) is 2.96. The zero-order valence-corrected chi connectivity index (χ0v) is 12.6. The second-order valence-corrected chi connectivity index (χ2v) is 5.23. The number of amides is 1. The number of benzene rings is 2. The van der Waals surface area contributed by atoms with Crippen LogP contribution in [0.4, 0.5) is 10.1 Å². The van der Waals surface area contributed by atoms with Gasteiger partial charge in [0.25, 0.3) is 5.91 Å². The first-order chi connectivity index (χ1) is 11.0. The van der Waals surface area contributed by atoms with E-state index in [9.17, 15) is 14.0 Å². The Labute approximate surface area is 132 Å². The van der Waals surface area contributed by atoms with Gasteiger partial charge in [-0.15, -0.1) is 0 Å². The third-order valence-electron chi connectivity index (χ3n) is 3.57. The molecule has 2 aromatic carbocycles. The number of fused-ring (bicyclic) bond motifs is 1. The molecule has 1 aliphatic heterocycles. The highest BCUT2D eigenvalue weighted by atomic mass is 19.1. The molecule has 1 amide bonds. The topological polar surface area (TPSA) is 64.6 Å².